The van der Waals surface area contributed by atoms with E-state index in [1.807, 2.05) is 6.07 Å². The summed E-state index contributed by atoms with van der Waals surface area (Å²) in [4.78, 5) is 22.5. The second kappa shape index (κ2) is 6.00. The fourth-order valence-corrected chi connectivity index (χ4v) is 1.41. The van der Waals surface area contributed by atoms with Gasteiger partial charge in [-0.25, -0.2) is 4.79 Å². The first-order chi connectivity index (χ1) is 8.06. The number of nitrogens with two attached hydrogens (primary N) is 1. The van der Waals surface area contributed by atoms with Gasteiger partial charge in [-0.3, -0.25) is 4.79 Å². The van der Waals surface area contributed by atoms with Crippen LogP contribution in [0.15, 0.2) is 30.3 Å². The molecule has 0 aliphatic carbocycles. The fourth-order valence-electron chi connectivity index (χ4n) is 1.41. The highest BCUT2D eigenvalue weighted by molar-refractivity contribution is 5.87. The molecule has 0 saturated heterocycles. The lowest BCUT2D eigenvalue weighted by Crippen LogP contribution is -2.44. The van der Waals surface area contributed by atoms with Gasteiger partial charge in [-0.15, -0.1) is 0 Å². The number of carbonyl (C=O) groups is 2. The molecule has 0 saturated carbocycles. The first-order valence-electron chi connectivity index (χ1n) is 5.40. The molecule has 1 amide bonds. The first kappa shape index (κ1) is 13.2. The second-order valence-corrected chi connectivity index (χ2v) is 3.70. The summed E-state index contributed by atoms with van der Waals surface area (Å²) >= 11 is 0. The summed E-state index contributed by atoms with van der Waals surface area (Å²) in [5, 5.41) is 11.2. The molecule has 4 N–H and O–H groups in total. The zero-order chi connectivity index (χ0) is 12.8. The zero-order valence-electron chi connectivity index (χ0n) is 9.59. The number of carbonyl (C=O) groups excluding carboxylic acids is 1. The lowest BCUT2D eigenvalue weighted by Gasteiger charge is -2.16. The van der Waals surface area contributed by atoms with E-state index in [4.69, 9.17) is 10.8 Å². The van der Waals surface area contributed by atoms with Crippen LogP contribution in [0.25, 0.3) is 0 Å². The number of benzene rings is 1. The minimum atomic E-state index is -1.05. The minimum Gasteiger partial charge on any atom is -0.480 e. The van der Waals surface area contributed by atoms with Gasteiger partial charge in [0.25, 0.3) is 0 Å². The third kappa shape index (κ3) is 3.57. The van der Waals surface area contributed by atoms with E-state index in [1.165, 1.54) is 0 Å². The summed E-state index contributed by atoms with van der Waals surface area (Å²) in [6.07, 6.45) is 0.322. The molecule has 0 aliphatic heterocycles. The SMILES string of the molecule is CC[C@@H](NC(=O)[C@@H](N)c1ccccc1)C(=O)O. The van der Waals surface area contributed by atoms with Crippen LogP contribution in [0.5, 0.6) is 0 Å². The Balaban J connectivity index is 2.68. The number of hydrogen-bond donors (Lipinski definition) is 3. The van der Waals surface area contributed by atoms with Crippen molar-refractivity contribution in [3.05, 3.63) is 35.9 Å². The highest BCUT2D eigenvalue weighted by Crippen LogP contribution is 2.09. The van der Waals surface area contributed by atoms with Crippen LogP contribution in [0.4, 0.5) is 0 Å². The predicted octanol–water partition coefficient (Wildman–Crippen LogP) is 0.666. The van der Waals surface area contributed by atoms with Crippen molar-refractivity contribution in [3.8, 4) is 0 Å². The maximum Gasteiger partial charge on any atom is 0.326 e. The van der Waals surface area contributed by atoms with E-state index in [2.05, 4.69) is 5.32 Å². The van der Waals surface area contributed by atoms with E-state index < -0.39 is 24.0 Å². The van der Waals surface area contributed by atoms with Gasteiger partial charge in [0.1, 0.15) is 12.1 Å². The predicted molar refractivity (Wildman–Crippen MR) is 63.2 cm³/mol. The molecule has 0 spiro atoms. The number of carboxylic acids is 1. The average Bonchev–Trinajstić information content (AvgIpc) is 2.35. The molecular formula is C12H16N2O3. The molecule has 1 aromatic carbocycles. The van der Waals surface area contributed by atoms with Crippen LogP contribution in [0, 0.1) is 0 Å². The van der Waals surface area contributed by atoms with Crippen LogP contribution in [0.1, 0.15) is 24.9 Å². The number of hydrogen-bond acceptors (Lipinski definition) is 3. The molecule has 0 aromatic heterocycles. The molecule has 5 heteroatoms. The van der Waals surface area contributed by atoms with E-state index >= 15 is 0 Å². The quantitative estimate of drug-likeness (QED) is 0.700. The van der Waals surface area contributed by atoms with Crippen LogP contribution >= 0.6 is 0 Å². The van der Waals surface area contributed by atoms with Crippen molar-refractivity contribution < 1.29 is 14.7 Å². The highest BCUT2D eigenvalue weighted by atomic mass is 16.4. The summed E-state index contributed by atoms with van der Waals surface area (Å²) in [6, 6.07) is 7.09. The Morgan fingerprint density at radius 1 is 1.35 bits per heavy atom. The Morgan fingerprint density at radius 2 is 1.94 bits per heavy atom. The zero-order valence-corrected chi connectivity index (χ0v) is 9.59. The van der Waals surface area contributed by atoms with Gasteiger partial charge in [0, 0.05) is 0 Å². The third-order valence-corrected chi connectivity index (χ3v) is 2.46. The van der Waals surface area contributed by atoms with Crippen LogP contribution in [0.2, 0.25) is 0 Å². The van der Waals surface area contributed by atoms with Crippen LogP contribution in [0.3, 0.4) is 0 Å². The van der Waals surface area contributed by atoms with Crippen LogP contribution in [-0.4, -0.2) is 23.0 Å². The normalized spacial score (nSPS) is 13.8. The van der Waals surface area contributed by atoms with Crippen molar-refractivity contribution in [3.63, 3.8) is 0 Å². The Hall–Kier alpha value is -1.88. The molecule has 0 bridgehead atoms. The molecular weight excluding hydrogens is 220 g/mol. The summed E-state index contributed by atoms with van der Waals surface area (Å²) in [5.41, 5.74) is 6.39. The lowest BCUT2D eigenvalue weighted by molar-refractivity contribution is -0.142. The largest absolute Gasteiger partial charge is 0.480 e. The van der Waals surface area contributed by atoms with Gasteiger partial charge in [0.2, 0.25) is 5.91 Å². The van der Waals surface area contributed by atoms with Gasteiger partial charge >= 0.3 is 5.97 Å². The summed E-state index contributed by atoms with van der Waals surface area (Å²) in [5.74, 6) is -1.54. The average molecular weight is 236 g/mol. The molecule has 0 aliphatic rings. The lowest BCUT2D eigenvalue weighted by atomic mass is 10.1. The molecule has 0 unspecified atom stereocenters. The van der Waals surface area contributed by atoms with Gasteiger partial charge < -0.3 is 16.2 Å². The monoisotopic (exact) mass is 236 g/mol. The Labute approximate surface area is 99.6 Å². The number of aliphatic carboxylic acids is 1. The minimum absolute atomic E-state index is 0.322. The summed E-state index contributed by atoms with van der Waals surface area (Å²) in [6.45, 7) is 1.69. The number of amides is 1. The maximum atomic E-state index is 11.7. The topological polar surface area (TPSA) is 92.4 Å². The molecule has 1 aromatic rings. The van der Waals surface area contributed by atoms with Crippen molar-refractivity contribution in [2.75, 3.05) is 0 Å². The standard InChI is InChI=1S/C12H16N2O3/c1-2-9(12(16)17)14-11(15)10(13)8-6-4-3-5-7-8/h3-7,9-10H,2,13H2,1H3,(H,14,15)(H,16,17)/t9-,10+/m1/s1. The molecule has 92 valence electrons. The van der Waals surface area contributed by atoms with Crippen molar-refractivity contribution in [2.24, 2.45) is 5.73 Å². The highest BCUT2D eigenvalue weighted by Gasteiger charge is 2.22. The van der Waals surface area contributed by atoms with Gasteiger partial charge in [-0.05, 0) is 12.0 Å². The molecule has 0 fully saturated rings. The molecule has 17 heavy (non-hydrogen) atoms. The van der Waals surface area contributed by atoms with E-state index in [0.717, 1.165) is 0 Å². The van der Waals surface area contributed by atoms with Crippen LogP contribution < -0.4 is 11.1 Å². The fraction of sp³-hybridized carbons (Fsp3) is 0.333. The van der Waals surface area contributed by atoms with Crippen molar-refractivity contribution >= 4 is 11.9 Å². The number of carboxylic acid groups (broad SMARTS) is 1. The third-order valence-electron chi connectivity index (χ3n) is 2.46. The smallest absolute Gasteiger partial charge is 0.326 e. The van der Waals surface area contributed by atoms with Gasteiger partial charge in [-0.2, -0.15) is 0 Å². The first-order valence-corrected chi connectivity index (χ1v) is 5.40. The van der Waals surface area contributed by atoms with Crippen molar-refractivity contribution in [1.82, 2.24) is 5.32 Å². The van der Waals surface area contributed by atoms with E-state index in [9.17, 15) is 9.59 Å². The van der Waals surface area contributed by atoms with E-state index in [-0.39, 0.29) is 0 Å². The Bertz CT molecular complexity index is 392. The second-order valence-electron chi connectivity index (χ2n) is 3.70. The number of rotatable bonds is 5. The molecule has 0 radical (unpaired) electrons. The van der Waals surface area contributed by atoms with Gasteiger partial charge in [0.15, 0.2) is 0 Å². The van der Waals surface area contributed by atoms with E-state index in [0.29, 0.717) is 12.0 Å². The molecule has 2 atom stereocenters. The van der Waals surface area contributed by atoms with Gasteiger partial charge in [0.05, 0.1) is 0 Å². The van der Waals surface area contributed by atoms with Crippen molar-refractivity contribution in [1.29, 1.82) is 0 Å². The maximum absolute atomic E-state index is 11.7. The Morgan fingerprint density at radius 3 is 2.41 bits per heavy atom. The molecule has 1 rings (SSSR count). The Kier molecular flexibility index (Phi) is 4.66. The molecule has 0 heterocycles. The van der Waals surface area contributed by atoms with E-state index in [1.54, 1.807) is 31.2 Å². The number of nitrogens with one attached hydrogen (secondary N) is 1. The van der Waals surface area contributed by atoms with Crippen LogP contribution in [-0.2, 0) is 9.59 Å². The summed E-state index contributed by atoms with van der Waals surface area (Å²) in [7, 11) is 0. The summed E-state index contributed by atoms with van der Waals surface area (Å²) < 4.78 is 0. The van der Waals surface area contributed by atoms with Gasteiger partial charge in [-0.1, -0.05) is 37.3 Å². The molecule has 5 nitrogen and oxygen atoms in total. The van der Waals surface area contributed by atoms with Crippen molar-refractivity contribution in [2.45, 2.75) is 25.4 Å².